The maximum absolute atomic E-state index is 10.2. The minimum absolute atomic E-state index is 0. The first kappa shape index (κ1) is 12.5. The summed E-state index contributed by atoms with van der Waals surface area (Å²) >= 11 is 0. The van der Waals surface area contributed by atoms with Gasteiger partial charge in [0, 0.05) is 32.7 Å². The summed E-state index contributed by atoms with van der Waals surface area (Å²) in [5.74, 6) is -0.213. The van der Waals surface area contributed by atoms with E-state index in [0.717, 1.165) is 6.08 Å². The van der Waals surface area contributed by atoms with Gasteiger partial charge in [0.15, 0.2) is 5.78 Å². The van der Waals surface area contributed by atoms with Crippen molar-refractivity contribution in [3.8, 4) is 0 Å². The third-order valence-corrected chi connectivity index (χ3v) is 0.662. The third kappa shape index (κ3) is 7.79. The Morgan fingerprint density at radius 2 is 2.20 bits per heavy atom. The maximum Gasteiger partial charge on any atom is 0.156 e. The van der Waals surface area contributed by atoms with E-state index in [1.165, 1.54) is 14.0 Å². The fourth-order valence-corrected chi connectivity index (χ4v) is 0.424. The van der Waals surface area contributed by atoms with E-state index in [0.29, 0.717) is 0 Å². The average Bonchev–Trinajstić information content (AvgIpc) is 1.63. The van der Waals surface area contributed by atoms with Crippen molar-refractivity contribution < 1.29 is 34.1 Å². The van der Waals surface area contributed by atoms with E-state index >= 15 is 0 Å². The molecule has 0 aromatic carbocycles. The minimum Gasteiger partial charge on any atom is -0.510 e. The number of ether oxygens (including phenoxy) is 1. The molecule has 0 unspecified atom stereocenters. The summed E-state index contributed by atoms with van der Waals surface area (Å²) in [5, 5.41) is 8.73. The molecule has 0 radical (unpaired) electrons. The molecule has 54 valence electrons. The first-order valence-electron chi connectivity index (χ1n) is 2.56. The second-order valence-corrected chi connectivity index (χ2v) is 1.68. The number of ketones is 1. The van der Waals surface area contributed by atoms with Gasteiger partial charge in [0.25, 0.3) is 0 Å². The van der Waals surface area contributed by atoms with Gasteiger partial charge in [-0.2, -0.15) is 0 Å². The summed E-state index contributed by atoms with van der Waals surface area (Å²) in [4.78, 5) is 10.2. The normalized spacial score (nSPS) is 10.4. The van der Waals surface area contributed by atoms with Crippen LogP contribution < -0.4 is 0 Å². The van der Waals surface area contributed by atoms with Crippen molar-refractivity contribution in [1.29, 1.82) is 0 Å². The molecule has 0 aliphatic carbocycles. The van der Waals surface area contributed by atoms with Crippen LogP contribution in [0.4, 0.5) is 0 Å². The van der Waals surface area contributed by atoms with Crippen LogP contribution in [-0.4, -0.2) is 24.6 Å². The van der Waals surface area contributed by atoms with E-state index in [2.05, 4.69) is 4.74 Å². The number of aliphatic hydroxyl groups excluding tert-OH is 1. The number of methoxy groups -OCH3 is 1. The van der Waals surface area contributed by atoms with Crippen LogP contribution in [0.1, 0.15) is 6.92 Å². The van der Waals surface area contributed by atoms with Crippen LogP contribution in [0.2, 0.25) is 0 Å². The molecule has 0 saturated heterocycles. The van der Waals surface area contributed by atoms with Crippen molar-refractivity contribution in [3.63, 3.8) is 0 Å². The summed E-state index contributed by atoms with van der Waals surface area (Å²) in [5.41, 5.74) is 0. The monoisotopic (exact) mass is 194 g/mol. The molecule has 0 heterocycles. The van der Waals surface area contributed by atoms with Gasteiger partial charge in [-0.1, -0.05) is 0 Å². The SMILES string of the molecule is COC/C(O)=C/C(C)=O.[Zn]. The van der Waals surface area contributed by atoms with Crippen molar-refractivity contribution in [1.82, 2.24) is 0 Å². The zero-order valence-electron chi connectivity index (χ0n) is 6.26. The van der Waals surface area contributed by atoms with Crippen molar-refractivity contribution in [3.05, 3.63) is 11.8 Å². The van der Waals surface area contributed by atoms with Gasteiger partial charge in [-0.15, -0.1) is 0 Å². The van der Waals surface area contributed by atoms with E-state index in [-0.39, 0.29) is 37.6 Å². The first-order valence-corrected chi connectivity index (χ1v) is 2.56. The Kier molecular flexibility index (Phi) is 8.61. The molecule has 0 aromatic rings. The predicted octanol–water partition coefficient (Wildman–Crippen LogP) is 0.661. The van der Waals surface area contributed by atoms with Crippen LogP contribution in [-0.2, 0) is 29.0 Å². The van der Waals surface area contributed by atoms with Gasteiger partial charge < -0.3 is 9.84 Å². The zero-order valence-corrected chi connectivity index (χ0v) is 9.22. The smallest absolute Gasteiger partial charge is 0.156 e. The van der Waals surface area contributed by atoms with Crippen LogP contribution in [0, 0.1) is 0 Å². The Bertz CT molecular complexity index is 131. The molecule has 0 amide bonds. The van der Waals surface area contributed by atoms with Crippen LogP contribution in [0.15, 0.2) is 11.8 Å². The molecule has 3 nitrogen and oxygen atoms in total. The van der Waals surface area contributed by atoms with Crippen LogP contribution in [0.25, 0.3) is 0 Å². The van der Waals surface area contributed by atoms with E-state index in [4.69, 9.17) is 5.11 Å². The standard InChI is InChI=1S/C6H10O3.Zn/c1-5(7)3-6(8)4-9-2;/h3,8H,4H2,1-2H3;/b6-3-;. The molecule has 0 aliphatic heterocycles. The minimum atomic E-state index is -0.176. The summed E-state index contributed by atoms with van der Waals surface area (Å²) in [7, 11) is 1.45. The number of carbonyl (C=O) groups is 1. The van der Waals surface area contributed by atoms with Crippen molar-refractivity contribution in [2.24, 2.45) is 0 Å². The summed E-state index contributed by atoms with van der Waals surface area (Å²) < 4.78 is 4.53. The number of aliphatic hydroxyl groups is 1. The third-order valence-electron chi connectivity index (χ3n) is 0.662. The Morgan fingerprint density at radius 3 is 2.50 bits per heavy atom. The molecule has 0 atom stereocenters. The molecule has 1 N–H and O–H groups in total. The topological polar surface area (TPSA) is 46.5 Å². The molecule has 0 fully saturated rings. The Balaban J connectivity index is 0. The predicted molar refractivity (Wildman–Crippen MR) is 33.3 cm³/mol. The average molecular weight is 196 g/mol. The molecular weight excluding hydrogens is 185 g/mol. The number of allylic oxidation sites excluding steroid dienone is 1. The fourth-order valence-electron chi connectivity index (χ4n) is 0.424. The van der Waals surface area contributed by atoms with Gasteiger partial charge in [0.05, 0.1) is 0 Å². The molecular formula is C6H10O3Zn. The van der Waals surface area contributed by atoms with Gasteiger partial charge in [-0.25, -0.2) is 0 Å². The first-order chi connectivity index (χ1) is 4.16. The van der Waals surface area contributed by atoms with Crippen LogP contribution in [0.3, 0.4) is 0 Å². The molecule has 0 rings (SSSR count). The zero-order chi connectivity index (χ0) is 7.28. The summed E-state index contributed by atoms with van der Waals surface area (Å²) in [6.45, 7) is 1.46. The van der Waals surface area contributed by atoms with Gasteiger partial charge >= 0.3 is 0 Å². The second kappa shape index (κ2) is 6.91. The van der Waals surface area contributed by atoms with Gasteiger partial charge in [0.1, 0.15) is 12.4 Å². The van der Waals surface area contributed by atoms with Gasteiger partial charge in [-0.05, 0) is 6.92 Å². The number of carbonyl (C=O) groups excluding carboxylic acids is 1. The van der Waals surface area contributed by atoms with E-state index in [9.17, 15) is 4.79 Å². The van der Waals surface area contributed by atoms with E-state index in [1.807, 2.05) is 0 Å². The molecule has 0 aliphatic rings. The van der Waals surface area contributed by atoms with E-state index < -0.39 is 0 Å². The molecule has 10 heavy (non-hydrogen) atoms. The van der Waals surface area contributed by atoms with Crippen molar-refractivity contribution in [2.45, 2.75) is 6.92 Å². The Hall–Kier alpha value is -0.207. The summed E-state index contributed by atoms with van der Waals surface area (Å²) in [6.07, 6.45) is 1.13. The number of hydrogen-bond donors (Lipinski definition) is 1. The molecule has 4 heteroatoms. The van der Waals surface area contributed by atoms with Crippen LogP contribution >= 0.6 is 0 Å². The fraction of sp³-hybridized carbons (Fsp3) is 0.500. The Morgan fingerprint density at radius 1 is 1.70 bits per heavy atom. The number of rotatable bonds is 3. The second-order valence-electron chi connectivity index (χ2n) is 1.68. The van der Waals surface area contributed by atoms with Crippen LogP contribution in [0.5, 0.6) is 0 Å². The van der Waals surface area contributed by atoms with Gasteiger partial charge in [-0.3, -0.25) is 4.79 Å². The molecule has 0 aromatic heterocycles. The van der Waals surface area contributed by atoms with Crippen molar-refractivity contribution >= 4 is 5.78 Å². The summed E-state index contributed by atoms with van der Waals surface area (Å²) in [6, 6.07) is 0. The largest absolute Gasteiger partial charge is 0.510 e. The van der Waals surface area contributed by atoms with Gasteiger partial charge in [0.2, 0.25) is 0 Å². The molecule has 0 saturated carbocycles. The van der Waals surface area contributed by atoms with E-state index in [1.54, 1.807) is 0 Å². The van der Waals surface area contributed by atoms with Crippen molar-refractivity contribution in [2.75, 3.05) is 13.7 Å². The number of hydrogen-bond acceptors (Lipinski definition) is 3. The maximum atomic E-state index is 10.2. The molecule has 0 bridgehead atoms. The molecule has 0 spiro atoms. The quantitative estimate of drug-likeness (QED) is 0.409. The Labute approximate surface area is 72.8 Å².